The Balaban J connectivity index is 1.43. The molecule has 1 aromatic carbocycles. The third-order valence-corrected chi connectivity index (χ3v) is 4.00. The molecular formula is C20H18N4O3. The molecule has 1 amide bonds. The van der Waals surface area contributed by atoms with Gasteiger partial charge >= 0.3 is 0 Å². The maximum absolute atomic E-state index is 12.4. The zero-order valence-corrected chi connectivity index (χ0v) is 14.5. The second-order valence-corrected chi connectivity index (χ2v) is 5.96. The predicted octanol–water partition coefficient (Wildman–Crippen LogP) is 2.92. The maximum atomic E-state index is 12.4. The summed E-state index contributed by atoms with van der Waals surface area (Å²) in [6, 6.07) is 12.9. The van der Waals surface area contributed by atoms with E-state index in [0.717, 1.165) is 22.7 Å². The van der Waals surface area contributed by atoms with Crippen LogP contribution in [0.25, 0.3) is 0 Å². The topological polar surface area (TPSA) is 85.4 Å². The molecule has 1 aliphatic rings. The molecule has 27 heavy (non-hydrogen) atoms. The van der Waals surface area contributed by atoms with Crippen molar-refractivity contribution >= 4 is 17.3 Å². The second kappa shape index (κ2) is 7.74. The highest BCUT2D eigenvalue weighted by Crippen LogP contribution is 2.33. The number of fused-ring (bicyclic) bond motifs is 1. The number of rotatable bonds is 5. The number of pyridine rings is 2. The number of nitrogens with zero attached hydrogens (tertiary/aromatic N) is 2. The lowest BCUT2D eigenvalue weighted by atomic mass is 10.2. The van der Waals surface area contributed by atoms with Crippen molar-refractivity contribution in [3.05, 3.63) is 72.3 Å². The zero-order chi connectivity index (χ0) is 18.5. The molecule has 2 N–H and O–H groups in total. The van der Waals surface area contributed by atoms with Gasteiger partial charge in [-0.3, -0.25) is 14.8 Å². The molecule has 0 unspecified atom stereocenters. The Morgan fingerprint density at radius 1 is 1.00 bits per heavy atom. The highest BCUT2D eigenvalue weighted by molar-refractivity contribution is 5.93. The van der Waals surface area contributed by atoms with Crippen LogP contribution >= 0.6 is 0 Å². The van der Waals surface area contributed by atoms with E-state index in [1.54, 1.807) is 30.7 Å². The molecule has 7 heteroatoms. The van der Waals surface area contributed by atoms with Crippen molar-refractivity contribution in [1.82, 2.24) is 15.3 Å². The summed E-state index contributed by atoms with van der Waals surface area (Å²) in [7, 11) is 0. The Morgan fingerprint density at radius 3 is 2.70 bits per heavy atom. The number of benzene rings is 1. The quantitative estimate of drug-likeness (QED) is 0.726. The number of ether oxygens (including phenoxy) is 2. The molecule has 3 aromatic rings. The van der Waals surface area contributed by atoms with Gasteiger partial charge in [-0.1, -0.05) is 6.07 Å². The Labute approximate surface area is 156 Å². The molecule has 0 saturated carbocycles. The van der Waals surface area contributed by atoms with Crippen molar-refractivity contribution < 1.29 is 14.3 Å². The van der Waals surface area contributed by atoms with E-state index in [4.69, 9.17) is 9.47 Å². The molecule has 136 valence electrons. The smallest absolute Gasteiger partial charge is 0.270 e. The monoisotopic (exact) mass is 362 g/mol. The minimum absolute atomic E-state index is 0.246. The Kier molecular flexibility index (Phi) is 4.82. The summed E-state index contributed by atoms with van der Waals surface area (Å²) in [5.74, 6) is 1.19. The highest BCUT2D eigenvalue weighted by atomic mass is 16.6. The van der Waals surface area contributed by atoms with Gasteiger partial charge in [-0.2, -0.15) is 0 Å². The summed E-state index contributed by atoms with van der Waals surface area (Å²) in [6.45, 7) is 1.49. The van der Waals surface area contributed by atoms with E-state index >= 15 is 0 Å². The molecule has 0 radical (unpaired) electrons. The number of aromatic nitrogens is 2. The van der Waals surface area contributed by atoms with Gasteiger partial charge in [0.05, 0.1) is 0 Å². The minimum atomic E-state index is -0.246. The van der Waals surface area contributed by atoms with Gasteiger partial charge < -0.3 is 20.1 Å². The average Bonchev–Trinajstić information content (AvgIpc) is 2.73. The van der Waals surface area contributed by atoms with E-state index in [1.807, 2.05) is 30.3 Å². The zero-order valence-electron chi connectivity index (χ0n) is 14.5. The lowest BCUT2D eigenvalue weighted by molar-refractivity contribution is 0.0946. The third kappa shape index (κ3) is 4.14. The first kappa shape index (κ1) is 16.8. The Hall–Kier alpha value is -3.61. The van der Waals surface area contributed by atoms with Crippen LogP contribution in [-0.2, 0) is 6.54 Å². The number of hydrogen-bond acceptors (Lipinski definition) is 6. The molecule has 0 saturated heterocycles. The average molecular weight is 362 g/mol. The standard InChI is InChI=1S/C20H18N4O3/c25-20(23-13-14-2-1-6-21-12-14)17-10-16(5-7-22-17)24-15-3-4-18-19(11-15)27-9-8-26-18/h1-7,10-12H,8-9,13H2,(H,22,24)(H,23,25). The summed E-state index contributed by atoms with van der Waals surface area (Å²) in [6.07, 6.45) is 5.01. The van der Waals surface area contributed by atoms with E-state index in [1.165, 1.54) is 0 Å². The van der Waals surface area contributed by atoms with Crippen LogP contribution in [-0.4, -0.2) is 29.1 Å². The summed E-state index contributed by atoms with van der Waals surface area (Å²) >= 11 is 0. The molecular weight excluding hydrogens is 344 g/mol. The molecule has 0 fully saturated rings. The molecule has 0 aliphatic carbocycles. The molecule has 0 atom stereocenters. The SMILES string of the molecule is O=C(NCc1cccnc1)c1cc(Nc2ccc3c(c2)OCCO3)ccn1. The van der Waals surface area contributed by atoms with Gasteiger partial charge in [0, 0.05) is 42.6 Å². The number of anilines is 2. The van der Waals surface area contributed by atoms with Crippen LogP contribution in [0.2, 0.25) is 0 Å². The molecule has 7 nitrogen and oxygen atoms in total. The van der Waals surface area contributed by atoms with Crippen LogP contribution in [0.1, 0.15) is 16.1 Å². The van der Waals surface area contributed by atoms with Crippen LogP contribution in [0.5, 0.6) is 11.5 Å². The first-order valence-corrected chi connectivity index (χ1v) is 8.58. The van der Waals surface area contributed by atoms with Gasteiger partial charge in [-0.05, 0) is 35.9 Å². The van der Waals surface area contributed by atoms with Crippen molar-refractivity contribution in [2.45, 2.75) is 6.54 Å². The van der Waals surface area contributed by atoms with Crippen LogP contribution in [0.3, 0.4) is 0 Å². The van der Waals surface area contributed by atoms with Gasteiger partial charge in [0.25, 0.3) is 5.91 Å². The second-order valence-electron chi connectivity index (χ2n) is 5.96. The Bertz CT molecular complexity index is 947. The first-order chi connectivity index (χ1) is 13.3. The van der Waals surface area contributed by atoms with E-state index in [2.05, 4.69) is 20.6 Å². The van der Waals surface area contributed by atoms with E-state index in [-0.39, 0.29) is 5.91 Å². The van der Waals surface area contributed by atoms with Gasteiger partial charge in [0.1, 0.15) is 18.9 Å². The fourth-order valence-electron chi connectivity index (χ4n) is 2.70. The fourth-order valence-corrected chi connectivity index (χ4v) is 2.70. The van der Waals surface area contributed by atoms with Gasteiger partial charge in [0.2, 0.25) is 0 Å². The van der Waals surface area contributed by atoms with Gasteiger partial charge in [-0.15, -0.1) is 0 Å². The lowest BCUT2D eigenvalue weighted by Crippen LogP contribution is -2.23. The van der Waals surface area contributed by atoms with Crippen molar-refractivity contribution in [3.63, 3.8) is 0 Å². The number of nitrogens with one attached hydrogen (secondary N) is 2. The summed E-state index contributed by atoms with van der Waals surface area (Å²) < 4.78 is 11.1. The van der Waals surface area contributed by atoms with E-state index in [9.17, 15) is 4.79 Å². The number of hydrogen-bond donors (Lipinski definition) is 2. The lowest BCUT2D eigenvalue weighted by Gasteiger charge is -2.19. The summed E-state index contributed by atoms with van der Waals surface area (Å²) in [5, 5.41) is 6.10. The van der Waals surface area contributed by atoms with E-state index in [0.29, 0.717) is 31.2 Å². The van der Waals surface area contributed by atoms with Gasteiger partial charge in [0.15, 0.2) is 11.5 Å². The number of carbonyl (C=O) groups is 1. The van der Waals surface area contributed by atoms with Crippen molar-refractivity contribution in [1.29, 1.82) is 0 Å². The Morgan fingerprint density at radius 2 is 1.85 bits per heavy atom. The number of carbonyl (C=O) groups excluding carboxylic acids is 1. The largest absolute Gasteiger partial charge is 0.486 e. The van der Waals surface area contributed by atoms with Crippen LogP contribution in [0.15, 0.2) is 61.1 Å². The molecule has 0 spiro atoms. The van der Waals surface area contributed by atoms with Crippen molar-refractivity contribution in [3.8, 4) is 11.5 Å². The summed E-state index contributed by atoms with van der Waals surface area (Å²) in [4.78, 5) is 20.5. The van der Waals surface area contributed by atoms with Crippen molar-refractivity contribution in [2.75, 3.05) is 18.5 Å². The van der Waals surface area contributed by atoms with Crippen LogP contribution < -0.4 is 20.1 Å². The van der Waals surface area contributed by atoms with Crippen molar-refractivity contribution in [2.24, 2.45) is 0 Å². The van der Waals surface area contributed by atoms with E-state index < -0.39 is 0 Å². The van der Waals surface area contributed by atoms with Crippen LogP contribution in [0.4, 0.5) is 11.4 Å². The maximum Gasteiger partial charge on any atom is 0.270 e. The molecule has 3 heterocycles. The summed E-state index contributed by atoms with van der Waals surface area (Å²) in [5.41, 5.74) is 2.86. The predicted molar refractivity (Wildman–Crippen MR) is 100 cm³/mol. The van der Waals surface area contributed by atoms with Gasteiger partial charge in [-0.25, -0.2) is 0 Å². The fraction of sp³-hybridized carbons (Fsp3) is 0.150. The normalized spacial score (nSPS) is 12.3. The third-order valence-electron chi connectivity index (χ3n) is 4.00. The molecule has 2 aromatic heterocycles. The minimum Gasteiger partial charge on any atom is -0.486 e. The first-order valence-electron chi connectivity index (χ1n) is 8.58. The molecule has 0 bridgehead atoms. The van der Waals surface area contributed by atoms with Crippen LogP contribution in [0, 0.1) is 0 Å². The molecule has 4 rings (SSSR count). The molecule has 1 aliphatic heterocycles. The number of amides is 1. The highest BCUT2D eigenvalue weighted by Gasteiger charge is 2.12.